The quantitative estimate of drug-likeness (QED) is 0.651. The Hall–Kier alpha value is -1.39. The zero-order valence-corrected chi connectivity index (χ0v) is 7.04. The summed E-state index contributed by atoms with van der Waals surface area (Å²) in [7, 11) is 0. The van der Waals surface area contributed by atoms with Crippen molar-refractivity contribution >= 4 is 11.6 Å². The summed E-state index contributed by atoms with van der Waals surface area (Å²) in [5.41, 5.74) is 2.87. The molecule has 1 heterocycles. The van der Waals surface area contributed by atoms with Crippen molar-refractivity contribution in [3.63, 3.8) is 0 Å². The summed E-state index contributed by atoms with van der Waals surface area (Å²) in [5.74, 6) is 4.99. The molecule has 1 aliphatic rings. The third-order valence-corrected chi connectivity index (χ3v) is 2.05. The van der Waals surface area contributed by atoms with Crippen molar-refractivity contribution in [2.75, 3.05) is 5.32 Å². The number of nitrogens with two attached hydrogens (primary N) is 1. The van der Waals surface area contributed by atoms with Gasteiger partial charge in [0.15, 0.2) is 0 Å². The fourth-order valence-electron chi connectivity index (χ4n) is 1.45. The first-order valence-electron chi connectivity index (χ1n) is 4.03. The number of hydrogen-bond acceptors (Lipinski definition) is 3. The van der Waals surface area contributed by atoms with Gasteiger partial charge in [-0.1, -0.05) is 12.1 Å². The number of carbonyl (C=O) groups is 1. The van der Waals surface area contributed by atoms with Gasteiger partial charge in [-0.2, -0.15) is 0 Å². The van der Waals surface area contributed by atoms with Crippen LogP contribution in [0.15, 0.2) is 18.2 Å². The van der Waals surface area contributed by atoms with Gasteiger partial charge in [0.2, 0.25) is 5.91 Å². The maximum absolute atomic E-state index is 11.0. The van der Waals surface area contributed by atoms with Crippen molar-refractivity contribution in [2.45, 2.75) is 13.0 Å². The maximum atomic E-state index is 11.0. The lowest BCUT2D eigenvalue weighted by Gasteiger charge is -2.02. The van der Waals surface area contributed by atoms with Gasteiger partial charge in [0.1, 0.15) is 0 Å². The summed E-state index contributed by atoms with van der Waals surface area (Å²) in [4.78, 5) is 15.5. The standard InChI is InChI=1S/C9H10N2O2/c10-13-5-6-1-2-7-4-9(12)11-8(7)3-6/h1-3H,4-5,10H2,(H,11,12). The first kappa shape index (κ1) is 8.22. The molecule has 1 aromatic rings. The molecule has 0 aromatic heterocycles. The molecule has 0 saturated carbocycles. The Morgan fingerprint density at radius 3 is 3.15 bits per heavy atom. The molecule has 1 aromatic carbocycles. The lowest BCUT2D eigenvalue weighted by atomic mass is 10.1. The number of hydrogen-bond donors (Lipinski definition) is 2. The van der Waals surface area contributed by atoms with Gasteiger partial charge in [0.25, 0.3) is 0 Å². The molecule has 0 aliphatic carbocycles. The highest BCUT2D eigenvalue weighted by Gasteiger charge is 2.16. The zero-order valence-electron chi connectivity index (χ0n) is 7.04. The van der Waals surface area contributed by atoms with E-state index in [4.69, 9.17) is 5.90 Å². The zero-order chi connectivity index (χ0) is 9.26. The number of amides is 1. The van der Waals surface area contributed by atoms with E-state index >= 15 is 0 Å². The first-order chi connectivity index (χ1) is 6.29. The molecular formula is C9H10N2O2. The Morgan fingerprint density at radius 2 is 2.38 bits per heavy atom. The van der Waals surface area contributed by atoms with E-state index in [1.54, 1.807) is 0 Å². The fourth-order valence-corrected chi connectivity index (χ4v) is 1.45. The first-order valence-corrected chi connectivity index (χ1v) is 4.03. The Kier molecular flexibility index (Phi) is 2.00. The van der Waals surface area contributed by atoms with E-state index in [1.165, 1.54) is 0 Å². The average Bonchev–Trinajstić information content (AvgIpc) is 2.44. The molecule has 0 saturated heterocycles. The third kappa shape index (κ3) is 1.54. The van der Waals surface area contributed by atoms with Crippen molar-refractivity contribution in [3.05, 3.63) is 29.3 Å². The van der Waals surface area contributed by atoms with Crippen LogP contribution in [0.1, 0.15) is 11.1 Å². The van der Waals surface area contributed by atoms with Crippen molar-refractivity contribution < 1.29 is 9.63 Å². The van der Waals surface area contributed by atoms with Crippen LogP contribution in [0.2, 0.25) is 0 Å². The molecule has 0 spiro atoms. The molecule has 0 unspecified atom stereocenters. The summed E-state index contributed by atoms with van der Waals surface area (Å²) < 4.78 is 0. The summed E-state index contributed by atoms with van der Waals surface area (Å²) >= 11 is 0. The van der Waals surface area contributed by atoms with Gasteiger partial charge in [0, 0.05) is 5.69 Å². The van der Waals surface area contributed by atoms with Gasteiger partial charge in [-0.15, -0.1) is 0 Å². The van der Waals surface area contributed by atoms with Crippen molar-refractivity contribution in [2.24, 2.45) is 5.90 Å². The Labute approximate surface area is 75.6 Å². The van der Waals surface area contributed by atoms with Crippen molar-refractivity contribution in [3.8, 4) is 0 Å². The van der Waals surface area contributed by atoms with E-state index in [0.29, 0.717) is 13.0 Å². The fraction of sp³-hybridized carbons (Fsp3) is 0.222. The molecule has 0 fully saturated rings. The van der Waals surface area contributed by atoms with Crippen LogP contribution in [0.4, 0.5) is 5.69 Å². The molecule has 2 rings (SSSR count). The molecule has 4 nitrogen and oxygen atoms in total. The Bertz CT molecular complexity index is 349. The molecule has 68 valence electrons. The van der Waals surface area contributed by atoms with Crippen LogP contribution in [0.5, 0.6) is 0 Å². The maximum Gasteiger partial charge on any atom is 0.228 e. The number of fused-ring (bicyclic) bond motifs is 1. The van der Waals surface area contributed by atoms with Crippen LogP contribution < -0.4 is 11.2 Å². The van der Waals surface area contributed by atoms with Gasteiger partial charge >= 0.3 is 0 Å². The van der Waals surface area contributed by atoms with Crippen molar-refractivity contribution in [1.82, 2.24) is 0 Å². The van der Waals surface area contributed by atoms with Crippen LogP contribution in [0, 0.1) is 0 Å². The third-order valence-electron chi connectivity index (χ3n) is 2.05. The van der Waals surface area contributed by atoms with Crippen LogP contribution in [0.25, 0.3) is 0 Å². The van der Waals surface area contributed by atoms with E-state index in [9.17, 15) is 4.79 Å². The Morgan fingerprint density at radius 1 is 1.54 bits per heavy atom. The van der Waals surface area contributed by atoms with Gasteiger partial charge in [-0.25, -0.2) is 5.90 Å². The van der Waals surface area contributed by atoms with Gasteiger partial charge in [-0.05, 0) is 17.2 Å². The molecule has 4 heteroatoms. The second-order valence-corrected chi connectivity index (χ2v) is 3.03. The number of nitrogens with one attached hydrogen (secondary N) is 1. The second kappa shape index (κ2) is 3.16. The summed E-state index contributed by atoms with van der Waals surface area (Å²) in [6.45, 7) is 0.364. The molecule has 1 amide bonds. The molecule has 1 aliphatic heterocycles. The molecule has 0 radical (unpaired) electrons. The molecule has 0 atom stereocenters. The van der Waals surface area contributed by atoms with E-state index in [0.717, 1.165) is 16.8 Å². The van der Waals surface area contributed by atoms with Gasteiger partial charge in [0.05, 0.1) is 13.0 Å². The van der Waals surface area contributed by atoms with E-state index in [2.05, 4.69) is 10.2 Å². The van der Waals surface area contributed by atoms with Gasteiger partial charge in [-0.3, -0.25) is 9.63 Å². The van der Waals surface area contributed by atoms with Crippen molar-refractivity contribution in [1.29, 1.82) is 0 Å². The minimum atomic E-state index is 0.0424. The molecule has 0 bridgehead atoms. The average molecular weight is 178 g/mol. The second-order valence-electron chi connectivity index (χ2n) is 3.03. The summed E-state index contributed by atoms with van der Waals surface area (Å²) in [6.07, 6.45) is 0.471. The minimum absolute atomic E-state index is 0.0424. The van der Waals surface area contributed by atoms with Gasteiger partial charge < -0.3 is 5.32 Å². The van der Waals surface area contributed by atoms with Crippen LogP contribution >= 0.6 is 0 Å². The summed E-state index contributed by atoms with van der Waals surface area (Å²) in [5, 5.41) is 2.76. The highest BCUT2D eigenvalue weighted by atomic mass is 16.6. The molecular weight excluding hydrogens is 168 g/mol. The normalized spacial score (nSPS) is 14.1. The highest BCUT2D eigenvalue weighted by molar-refractivity contribution is 5.99. The topological polar surface area (TPSA) is 64.3 Å². The molecule has 3 N–H and O–H groups in total. The monoisotopic (exact) mass is 178 g/mol. The number of rotatable bonds is 2. The SMILES string of the molecule is NOCc1ccc2c(c1)NC(=O)C2. The highest BCUT2D eigenvalue weighted by Crippen LogP contribution is 2.23. The smallest absolute Gasteiger partial charge is 0.228 e. The minimum Gasteiger partial charge on any atom is -0.326 e. The summed E-state index contributed by atoms with van der Waals surface area (Å²) in [6, 6.07) is 5.71. The van der Waals surface area contributed by atoms with Crippen LogP contribution in [0.3, 0.4) is 0 Å². The lowest BCUT2D eigenvalue weighted by Crippen LogP contribution is -2.03. The van der Waals surface area contributed by atoms with Crippen LogP contribution in [-0.4, -0.2) is 5.91 Å². The lowest BCUT2D eigenvalue weighted by molar-refractivity contribution is -0.115. The van der Waals surface area contributed by atoms with E-state index in [-0.39, 0.29) is 5.91 Å². The number of benzene rings is 1. The van der Waals surface area contributed by atoms with Crippen LogP contribution in [-0.2, 0) is 22.7 Å². The Balaban J connectivity index is 2.29. The van der Waals surface area contributed by atoms with E-state index in [1.807, 2.05) is 18.2 Å². The predicted octanol–water partition coefficient (Wildman–Crippen LogP) is 0.571. The number of carbonyl (C=O) groups excluding carboxylic acids is 1. The largest absolute Gasteiger partial charge is 0.326 e. The predicted molar refractivity (Wildman–Crippen MR) is 47.8 cm³/mol. The number of anilines is 1. The van der Waals surface area contributed by atoms with E-state index < -0.39 is 0 Å². The molecule has 13 heavy (non-hydrogen) atoms.